The topological polar surface area (TPSA) is 63.1 Å². The zero-order valence-corrected chi connectivity index (χ0v) is 10.6. The van der Waals surface area contributed by atoms with Crippen LogP contribution in [-0.2, 0) is 0 Å². The van der Waals surface area contributed by atoms with Crippen molar-refractivity contribution in [3.8, 4) is 17.0 Å². The van der Waals surface area contributed by atoms with Crippen LogP contribution >= 0.6 is 0 Å². The number of hydrogen-bond donors (Lipinski definition) is 3. The van der Waals surface area contributed by atoms with Gasteiger partial charge in [0.15, 0.2) is 0 Å². The Morgan fingerprint density at radius 3 is 2.53 bits per heavy atom. The molecule has 0 bridgehead atoms. The van der Waals surface area contributed by atoms with Crippen LogP contribution in [0.4, 0.5) is 5.69 Å². The van der Waals surface area contributed by atoms with E-state index in [2.05, 4.69) is 40.6 Å². The second-order valence-electron chi connectivity index (χ2n) is 4.38. The molecule has 4 N–H and O–H groups in total. The molecule has 96 valence electrons. The van der Waals surface area contributed by atoms with Crippen LogP contribution in [0.15, 0.2) is 48.5 Å². The lowest BCUT2D eigenvalue weighted by Crippen LogP contribution is -2.00. The van der Waals surface area contributed by atoms with Gasteiger partial charge in [0.2, 0.25) is 0 Å². The van der Waals surface area contributed by atoms with Gasteiger partial charge >= 0.3 is 0 Å². The quantitative estimate of drug-likeness (QED) is 0.628. The highest BCUT2D eigenvalue weighted by Crippen LogP contribution is 2.27. The van der Waals surface area contributed by atoms with E-state index >= 15 is 0 Å². The molecule has 0 spiro atoms. The predicted octanol–water partition coefficient (Wildman–Crippen LogP) is 3.13. The van der Waals surface area contributed by atoms with Gasteiger partial charge in [0.25, 0.3) is 0 Å². The van der Waals surface area contributed by atoms with E-state index in [1.807, 2.05) is 25.2 Å². The van der Waals surface area contributed by atoms with E-state index in [0.717, 1.165) is 27.8 Å². The van der Waals surface area contributed by atoms with Crippen LogP contribution < -0.4 is 16.1 Å². The van der Waals surface area contributed by atoms with Gasteiger partial charge in [0, 0.05) is 29.3 Å². The van der Waals surface area contributed by atoms with Gasteiger partial charge in [-0.3, -0.25) is 0 Å². The number of hydrogen-bond acceptors (Lipinski definition) is 3. The molecule has 4 heteroatoms. The van der Waals surface area contributed by atoms with Crippen LogP contribution in [0.1, 0.15) is 0 Å². The molecule has 0 fully saturated rings. The summed E-state index contributed by atoms with van der Waals surface area (Å²) < 4.78 is 0. The van der Waals surface area contributed by atoms with E-state index in [9.17, 15) is 0 Å². The molecule has 0 unspecified atom stereocenters. The van der Waals surface area contributed by atoms with Crippen LogP contribution in [-0.4, -0.2) is 12.0 Å². The molecule has 0 amide bonds. The maximum absolute atomic E-state index is 5.17. The van der Waals surface area contributed by atoms with Gasteiger partial charge in [-0.2, -0.15) is 5.90 Å². The molecule has 19 heavy (non-hydrogen) atoms. The van der Waals surface area contributed by atoms with Crippen molar-refractivity contribution in [2.45, 2.75) is 0 Å². The maximum atomic E-state index is 5.17. The van der Waals surface area contributed by atoms with E-state index in [0.29, 0.717) is 5.75 Å². The summed E-state index contributed by atoms with van der Waals surface area (Å²) in [7, 11) is 1.91. The second kappa shape index (κ2) is 4.66. The van der Waals surface area contributed by atoms with E-state index in [1.165, 1.54) is 0 Å². The Kier molecular flexibility index (Phi) is 2.85. The molecule has 0 saturated carbocycles. The first kappa shape index (κ1) is 11.6. The standard InChI is InChI=1S/C15H15N3O/c1-17-12-4-2-10(3-5-12)15-9-11-8-13(19-16)6-7-14(11)18-15/h2-9,17-18H,16H2,1H3. The van der Waals surface area contributed by atoms with Crippen molar-refractivity contribution in [3.05, 3.63) is 48.5 Å². The first-order valence-electron chi connectivity index (χ1n) is 6.08. The molecule has 1 heterocycles. The smallest absolute Gasteiger partial charge is 0.147 e. The summed E-state index contributed by atoms with van der Waals surface area (Å²) >= 11 is 0. The van der Waals surface area contributed by atoms with Crippen molar-refractivity contribution in [3.63, 3.8) is 0 Å². The molecule has 0 atom stereocenters. The van der Waals surface area contributed by atoms with Crippen molar-refractivity contribution in [1.82, 2.24) is 4.98 Å². The molecule has 0 aliphatic carbocycles. The molecular formula is C15H15N3O. The highest BCUT2D eigenvalue weighted by atomic mass is 16.6. The summed E-state index contributed by atoms with van der Waals surface area (Å²) in [6.07, 6.45) is 0. The van der Waals surface area contributed by atoms with Gasteiger partial charge in [-0.1, -0.05) is 12.1 Å². The normalized spacial score (nSPS) is 10.6. The fourth-order valence-corrected chi connectivity index (χ4v) is 2.16. The third-order valence-corrected chi connectivity index (χ3v) is 3.21. The van der Waals surface area contributed by atoms with Crippen molar-refractivity contribution in [2.75, 3.05) is 12.4 Å². The van der Waals surface area contributed by atoms with E-state index in [4.69, 9.17) is 10.7 Å². The molecule has 4 nitrogen and oxygen atoms in total. The first-order chi connectivity index (χ1) is 9.30. The van der Waals surface area contributed by atoms with Crippen molar-refractivity contribution < 1.29 is 4.84 Å². The zero-order chi connectivity index (χ0) is 13.2. The average molecular weight is 253 g/mol. The monoisotopic (exact) mass is 253 g/mol. The van der Waals surface area contributed by atoms with Gasteiger partial charge in [-0.25, -0.2) is 0 Å². The minimum Gasteiger partial charge on any atom is -0.412 e. The fraction of sp³-hybridized carbons (Fsp3) is 0.0667. The van der Waals surface area contributed by atoms with Crippen LogP contribution in [0.3, 0.4) is 0 Å². The molecule has 2 aromatic carbocycles. The lowest BCUT2D eigenvalue weighted by atomic mass is 10.1. The Balaban J connectivity index is 2.04. The minimum absolute atomic E-state index is 0.656. The van der Waals surface area contributed by atoms with Crippen LogP contribution in [0.5, 0.6) is 5.75 Å². The van der Waals surface area contributed by atoms with Crippen LogP contribution in [0.2, 0.25) is 0 Å². The summed E-state index contributed by atoms with van der Waals surface area (Å²) in [5.41, 5.74) is 4.38. The number of H-pyrrole nitrogens is 1. The van der Waals surface area contributed by atoms with E-state index in [1.54, 1.807) is 0 Å². The van der Waals surface area contributed by atoms with Crippen molar-refractivity contribution in [2.24, 2.45) is 5.90 Å². The maximum Gasteiger partial charge on any atom is 0.147 e. The third kappa shape index (κ3) is 2.13. The number of anilines is 1. The molecule has 0 aliphatic heterocycles. The SMILES string of the molecule is CNc1ccc(-c2cc3cc(ON)ccc3[nH]2)cc1. The van der Waals surface area contributed by atoms with Gasteiger partial charge in [-0.15, -0.1) is 0 Å². The molecule has 3 aromatic rings. The Morgan fingerprint density at radius 2 is 1.84 bits per heavy atom. The van der Waals surface area contributed by atoms with E-state index in [-0.39, 0.29) is 0 Å². The second-order valence-corrected chi connectivity index (χ2v) is 4.38. The Hall–Kier alpha value is -2.46. The van der Waals surface area contributed by atoms with Crippen LogP contribution in [0.25, 0.3) is 22.2 Å². The zero-order valence-electron chi connectivity index (χ0n) is 10.6. The summed E-state index contributed by atoms with van der Waals surface area (Å²) in [4.78, 5) is 8.13. The van der Waals surface area contributed by atoms with Gasteiger partial charge in [0.1, 0.15) is 5.75 Å². The van der Waals surface area contributed by atoms with Gasteiger partial charge in [0.05, 0.1) is 0 Å². The lowest BCUT2D eigenvalue weighted by Gasteiger charge is -2.01. The number of rotatable bonds is 3. The number of nitrogens with two attached hydrogens (primary N) is 1. The fourth-order valence-electron chi connectivity index (χ4n) is 2.16. The van der Waals surface area contributed by atoms with E-state index < -0.39 is 0 Å². The largest absolute Gasteiger partial charge is 0.412 e. The summed E-state index contributed by atoms with van der Waals surface area (Å²) in [6.45, 7) is 0. The molecule has 0 saturated heterocycles. The van der Waals surface area contributed by atoms with Gasteiger partial charge in [-0.05, 0) is 42.0 Å². The highest BCUT2D eigenvalue weighted by molar-refractivity contribution is 5.87. The summed E-state index contributed by atoms with van der Waals surface area (Å²) in [5, 5.41) is 4.19. The Labute approximate surface area is 111 Å². The lowest BCUT2D eigenvalue weighted by molar-refractivity contribution is 0.335. The summed E-state index contributed by atoms with van der Waals surface area (Å²) in [6, 6.07) is 16.1. The Morgan fingerprint density at radius 1 is 1.05 bits per heavy atom. The molecule has 0 radical (unpaired) electrons. The predicted molar refractivity (Wildman–Crippen MR) is 78.1 cm³/mol. The number of benzene rings is 2. The number of fused-ring (bicyclic) bond motifs is 1. The highest BCUT2D eigenvalue weighted by Gasteiger charge is 2.04. The first-order valence-corrected chi connectivity index (χ1v) is 6.08. The number of nitrogens with one attached hydrogen (secondary N) is 2. The van der Waals surface area contributed by atoms with Crippen molar-refractivity contribution >= 4 is 16.6 Å². The third-order valence-electron chi connectivity index (χ3n) is 3.21. The molecular weight excluding hydrogens is 238 g/mol. The molecule has 0 aliphatic rings. The number of aromatic nitrogens is 1. The molecule has 3 rings (SSSR count). The minimum atomic E-state index is 0.656. The number of aromatic amines is 1. The summed E-state index contributed by atoms with van der Waals surface area (Å²) in [5.74, 6) is 5.83. The van der Waals surface area contributed by atoms with Crippen molar-refractivity contribution in [1.29, 1.82) is 0 Å². The molecule has 1 aromatic heterocycles. The van der Waals surface area contributed by atoms with Gasteiger partial charge < -0.3 is 15.1 Å². The Bertz CT molecular complexity index is 701. The van der Waals surface area contributed by atoms with Crippen LogP contribution in [0, 0.1) is 0 Å². The average Bonchev–Trinajstić information content (AvgIpc) is 2.90.